The molecule has 0 N–H and O–H groups in total. The van der Waals surface area contributed by atoms with Crippen molar-refractivity contribution in [3.63, 3.8) is 0 Å². The van der Waals surface area contributed by atoms with Gasteiger partial charge in [-0.1, -0.05) is 328 Å². The van der Waals surface area contributed by atoms with Crippen LogP contribution in [-0.4, -0.2) is 37.2 Å². The van der Waals surface area contributed by atoms with Gasteiger partial charge in [0.25, 0.3) is 0 Å². The third-order valence-electron chi connectivity index (χ3n) is 15.9. The van der Waals surface area contributed by atoms with E-state index in [1.165, 1.54) is 295 Å². The first-order valence-electron chi connectivity index (χ1n) is 34.8. The van der Waals surface area contributed by atoms with Gasteiger partial charge in [-0.3, -0.25) is 14.4 Å². The predicted molar refractivity (Wildman–Crippen MR) is 335 cm³/mol. The molecule has 6 heteroatoms. The van der Waals surface area contributed by atoms with Crippen molar-refractivity contribution in [1.29, 1.82) is 0 Å². The SMILES string of the molecule is CCCCCCCC/C=C\CCCCCCCCCCCCCC(=O)O[C@H](COC(=O)CCCCCCCCC/C=C\CCCCCCCC)COC(=O)CCCCCCCCCCCCCCCCCCCCCCC. The molecule has 0 fully saturated rings. The van der Waals surface area contributed by atoms with Crippen molar-refractivity contribution < 1.29 is 28.6 Å². The second kappa shape index (κ2) is 66.4. The van der Waals surface area contributed by atoms with E-state index in [-0.39, 0.29) is 31.1 Å². The van der Waals surface area contributed by atoms with Gasteiger partial charge in [-0.25, -0.2) is 0 Å². The first-order valence-corrected chi connectivity index (χ1v) is 34.8. The van der Waals surface area contributed by atoms with Crippen LogP contribution >= 0.6 is 0 Å². The van der Waals surface area contributed by atoms with Crippen LogP contribution < -0.4 is 0 Å². The molecule has 0 bridgehead atoms. The van der Waals surface area contributed by atoms with Crippen LogP contribution in [0.1, 0.15) is 393 Å². The normalized spacial score (nSPS) is 12.1. The lowest BCUT2D eigenvalue weighted by atomic mass is 10.0. The number of unbranched alkanes of at least 4 members (excludes halogenated alkanes) is 50. The molecule has 0 aromatic carbocycles. The molecule has 0 spiro atoms. The highest BCUT2D eigenvalue weighted by atomic mass is 16.6. The first-order chi connectivity index (χ1) is 38.0. The smallest absolute Gasteiger partial charge is 0.306 e. The number of carbonyl (C=O) groups is 3. The fourth-order valence-electron chi connectivity index (χ4n) is 10.7. The van der Waals surface area contributed by atoms with E-state index in [4.69, 9.17) is 14.2 Å². The number of allylic oxidation sites excluding steroid dienone is 4. The monoisotopic (exact) mass is 1080 g/mol. The van der Waals surface area contributed by atoms with Crippen molar-refractivity contribution in [3.05, 3.63) is 24.3 Å². The summed E-state index contributed by atoms with van der Waals surface area (Å²) < 4.78 is 17.0. The van der Waals surface area contributed by atoms with Crippen molar-refractivity contribution in [1.82, 2.24) is 0 Å². The maximum Gasteiger partial charge on any atom is 0.306 e. The van der Waals surface area contributed by atoms with Gasteiger partial charge in [-0.15, -0.1) is 0 Å². The quantitative estimate of drug-likeness (QED) is 0.0261. The molecule has 0 rings (SSSR count). The zero-order chi connectivity index (χ0) is 55.7. The molecule has 0 unspecified atom stereocenters. The second-order valence-corrected chi connectivity index (χ2v) is 23.8. The minimum Gasteiger partial charge on any atom is -0.462 e. The van der Waals surface area contributed by atoms with Gasteiger partial charge in [0.05, 0.1) is 0 Å². The van der Waals surface area contributed by atoms with Crippen molar-refractivity contribution >= 4 is 17.9 Å². The van der Waals surface area contributed by atoms with E-state index >= 15 is 0 Å². The zero-order valence-corrected chi connectivity index (χ0v) is 52.3. The summed E-state index contributed by atoms with van der Waals surface area (Å²) in [5, 5.41) is 0. The Morgan fingerprint density at radius 3 is 0.649 bits per heavy atom. The Kier molecular flexibility index (Phi) is 64.6. The maximum atomic E-state index is 13.0. The number of hydrogen-bond acceptors (Lipinski definition) is 6. The third kappa shape index (κ3) is 64.6. The van der Waals surface area contributed by atoms with E-state index in [2.05, 4.69) is 45.1 Å². The topological polar surface area (TPSA) is 78.9 Å². The van der Waals surface area contributed by atoms with E-state index in [1.54, 1.807) is 0 Å². The zero-order valence-electron chi connectivity index (χ0n) is 52.3. The van der Waals surface area contributed by atoms with Crippen LogP contribution in [0.15, 0.2) is 24.3 Å². The average Bonchev–Trinajstić information content (AvgIpc) is 3.43. The van der Waals surface area contributed by atoms with Gasteiger partial charge in [0.2, 0.25) is 0 Å². The van der Waals surface area contributed by atoms with E-state index in [1.807, 2.05) is 0 Å². The van der Waals surface area contributed by atoms with Gasteiger partial charge in [0.1, 0.15) is 13.2 Å². The molecule has 6 nitrogen and oxygen atoms in total. The van der Waals surface area contributed by atoms with E-state index < -0.39 is 6.10 Å². The number of ether oxygens (including phenoxy) is 3. The van der Waals surface area contributed by atoms with Crippen LogP contribution in [0.4, 0.5) is 0 Å². The highest BCUT2D eigenvalue weighted by Gasteiger charge is 2.19. The van der Waals surface area contributed by atoms with Crippen LogP contribution in [0, 0.1) is 0 Å². The van der Waals surface area contributed by atoms with Crippen LogP contribution in [0.2, 0.25) is 0 Å². The van der Waals surface area contributed by atoms with Crippen molar-refractivity contribution in [2.24, 2.45) is 0 Å². The molecular formula is C71H134O6. The van der Waals surface area contributed by atoms with E-state index in [0.717, 1.165) is 57.8 Å². The van der Waals surface area contributed by atoms with Crippen LogP contribution in [0.5, 0.6) is 0 Å². The van der Waals surface area contributed by atoms with Crippen molar-refractivity contribution in [2.75, 3.05) is 13.2 Å². The summed E-state index contributed by atoms with van der Waals surface area (Å²) in [5.41, 5.74) is 0. The van der Waals surface area contributed by atoms with Gasteiger partial charge in [-0.2, -0.15) is 0 Å². The summed E-state index contributed by atoms with van der Waals surface area (Å²) >= 11 is 0. The molecule has 1 atom stereocenters. The van der Waals surface area contributed by atoms with Crippen LogP contribution in [0.25, 0.3) is 0 Å². The summed E-state index contributed by atoms with van der Waals surface area (Å²) in [6.45, 7) is 6.71. The number of carbonyl (C=O) groups excluding carboxylic acids is 3. The standard InChI is InChI=1S/C71H134O6/c1-4-7-10-13-16-19-22-25-28-31-33-35-37-40-43-46-49-52-55-58-61-64-70(73)76-67-68(66-75-69(72)63-60-57-54-51-48-45-42-39-30-27-24-21-18-15-12-9-6-3)77-71(74)65-62-59-56-53-50-47-44-41-38-36-34-32-29-26-23-20-17-14-11-8-5-2/h26-27,29-30,68H,4-25,28,31-67H2,1-3H3/b29-26-,30-27-/t68-/m1/s1. The molecule has 0 saturated carbocycles. The van der Waals surface area contributed by atoms with Crippen LogP contribution in [-0.2, 0) is 28.6 Å². The molecule has 454 valence electrons. The number of rotatable bonds is 65. The summed E-state index contributed by atoms with van der Waals surface area (Å²) in [6, 6.07) is 0. The molecule has 0 aliphatic rings. The lowest BCUT2D eigenvalue weighted by Crippen LogP contribution is -2.30. The third-order valence-corrected chi connectivity index (χ3v) is 15.9. The second-order valence-electron chi connectivity index (χ2n) is 23.8. The minimum absolute atomic E-state index is 0.0671. The Hall–Kier alpha value is -2.11. The molecule has 0 saturated heterocycles. The Morgan fingerprint density at radius 1 is 0.247 bits per heavy atom. The average molecular weight is 1080 g/mol. The molecule has 0 aliphatic heterocycles. The largest absolute Gasteiger partial charge is 0.462 e. The number of hydrogen-bond donors (Lipinski definition) is 0. The van der Waals surface area contributed by atoms with Gasteiger partial charge in [0.15, 0.2) is 6.10 Å². The molecule has 0 amide bonds. The summed E-state index contributed by atoms with van der Waals surface area (Å²) in [7, 11) is 0. The maximum absolute atomic E-state index is 13.0. The van der Waals surface area contributed by atoms with Gasteiger partial charge >= 0.3 is 17.9 Å². The van der Waals surface area contributed by atoms with Crippen LogP contribution in [0.3, 0.4) is 0 Å². The number of esters is 3. The van der Waals surface area contributed by atoms with E-state index in [0.29, 0.717) is 19.3 Å². The Bertz CT molecular complexity index is 1240. The molecule has 77 heavy (non-hydrogen) atoms. The summed E-state index contributed by atoms with van der Waals surface area (Å²) in [6.07, 6.45) is 80.5. The summed E-state index contributed by atoms with van der Waals surface area (Å²) in [4.78, 5) is 38.4. The van der Waals surface area contributed by atoms with E-state index in [9.17, 15) is 14.4 Å². The molecular weight excluding hydrogens is 949 g/mol. The molecule has 0 aromatic heterocycles. The molecule has 0 heterocycles. The highest BCUT2D eigenvalue weighted by molar-refractivity contribution is 5.71. The molecule has 0 aromatic rings. The molecule has 0 radical (unpaired) electrons. The lowest BCUT2D eigenvalue weighted by Gasteiger charge is -2.18. The fourth-order valence-corrected chi connectivity index (χ4v) is 10.7. The Balaban J connectivity index is 4.30. The van der Waals surface area contributed by atoms with Gasteiger partial charge in [-0.05, 0) is 70.6 Å². The minimum atomic E-state index is -0.771. The predicted octanol–water partition coefficient (Wildman–Crippen LogP) is 23.8. The molecule has 0 aliphatic carbocycles. The Labute approximate surface area is 481 Å². The van der Waals surface area contributed by atoms with Gasteiger partial charge in [0, 0.05) is 19.3 Å². The highest BCUT2D eigenvalue weighted by Crippen LogP contribution is 2.18. The van der Waals surface area contributed by atoms with Gasteiger partial charge < -0.3 is 14.2 Å². The first kappa shape index (κ1) is 74.9. The Morgan fingerprint density at radius 2 is 0.429 bits per heavy atom. The van der Waals surface area contributed by atoms with Crippen molar-refractivity contribution in [3.8, 4) is 0 Å². The summed E-state index contributed by atoms with van der Waals surface area (Å²) in [5.74, 6) is -0.840. The fraction of sp³-hybridized carbons (Fsp3) is 0.901. The van der Waals surface area contributed by atoms with Crippen molar-refractivity contribution in [2.45, 2.75) is 399 Å². The lowest BCUT2D eigenvalue weighted by molar-refractivity contribution is -0.167.